The highest BCUT2D eigenvalue weighted by Crippen LogP contribution is 2.16. The van der Waals surface area contributed by atoms with E-state index in [4.69, 9.17) is 4.74 Å². The molecule has 82 valence electrons. The first-order valence-electron chi connectivity index (χ1n) is 5.27. The van der Waals surface area contributed by atoms with Gasteiger partial charge in [-0.3, -0.25) is 4.79 Å². The van der Waals surface area contributed by atoms with E-state index in [9.17, 15) is 4.79 Å². The maximum Gasteiger partial charge on any atom is 0.246 e. The molecule has 0 aliphatic carbocycles. The van der Waals surface area contributed by atoms with Crippen molar-refractivity contribution >= 4 is 17.7 Å². The molecule has 0 atom stereocenters. The number of rotatable bonds is 7. The van der Waals surface area contributed by atoms with Crippen molar-refractivity contribution in [2.24, 2.45) is 0 Å². The number of thioether (sulfide) groups is 1. The molecule has 0 unspecified atom stereocenters. The second-order valence-electron chi connectivity index (χ2n) is 3.56. The molecule has 0 radical (unpaired) electrons. The maximum absolute atomic E-state index is 11.2. The molecular weight excluding hydrogens is 198 g/mol. The Kier molecular flexibility index (Phi) is 6.03. The Balaban J connectivity index is 1.87. The van der Waals surface area contributed by atoms with Crippen LogP contribution in [0.15, 0.2) is 0 Å². The Morgan fingerprint density at radius 3 is 2.86 bits per heavy atom. The standard InChI is InChI=1S/C10H19NO2S/c1-2-3-4-5-13-6-10(12)11-9-7-14-8-9/h9H,2-8H2,1H3,(H,11,12). The fourth-order valence-corrected chi connectivity index (χ4v) is 1.85. The van der Waals surface area contributed by atoms with E-state index in [1.807, 2.05) is 11.8 Å². The minimum Gasteiger partial charge on any atom is -0.372 e. The minimum absolute atomic E-state index is 0.0341. The van der Waals surface area contributed by atoms with Crippen molar-refractivity contribution in [2.45, 2.75) is 32.2 Å². The van der Waals surface area contributed by atoms with Crippen molar-refractivity contribution in [1.29, 1.82) is 0 Å². The van der Waals surface area contributed by atoms with E-state index in [0.717, 1.165) is 17.9 Å². The van der Waals surface area contributed by atoms with Gasteiger partial charge < -0.3 is 10.1 Å². The third kappa shape index (κ3) is 4.86. The molecule has 0 aromatic carbocycles. The lowest BCUT2D eigenvalue weighted by molar-refractivity contribution is -0.126. The second kappa shape index (κ2) is 7.12. The first-order chi connectivity index (χ1) is 6.83. The molecule has 1 rings (SSSR count). The molecule has 0 aromatic rings. The van der Waals surface area contributed by atoms with E-state index in [-0.39, 0.29) is 12.5 Å². The molecule has 3 nitrogen and oxygen atoms in total. The predicted molar refractivity (Wildman–Crippen MR) is 59.6 cm³/mol. The fraction of sp³-hybridized carbons (Fsp3) is 0.900. The average Bonchev–Trinajstić information content (AvgIpc) is 2.11. The number of hydrogen-bond donors (Lipinski definition) is 1. The molecule has 1 heterocycles. The number of carbonyl (C=O) groups is 1. The number of nitrogens with one attached hydrogen (secondary N) is 1. The fourth-order valence-electron chi connectivity index (χ4n) is 1.21. The van der Waals surface area contributed by atoms with E-state index < -0.39 is 0 Å². The maximum atomic E-state index is 11.2. The lowest BCUT2D eigenvalue weighted by atomic mass is 10.3. The van der Waals surface area contributed by atoms with E-state index in [1.165, 1.54) is 12.8 Å². The van der Waals surface area contributed by atoms with Crippen molar-refractivity contribution in [3.05, 3.63) is 0 Å². The molecule has 1 fully saturated rings. The molecule has 1 saturated heterocycles. The summed E-state index contributed by atoms with van der Waals surface area (Å²) in [6.07, 6.45) is 3.43. The highest BCUT2D eigenvalue weighted by molar-refractivity contribution is 8.00. The van der Waals surface area contributed by atoms with Crippen LogP contribution in [0, 0.1) is 0 Å². The van der Waals surface area contributed by atoms with Crippen molar-refractivity contribution in [2.75, 3.05) is 24.7 Å². The molecule has 0 saturated carbocycles. The SMILES string of the molecule is CCCCCOCC(=O)NC1CSC1. The Morgan fingerprint density at radius 1 is 1.50 bits per heavy atom. The predicted octanol–water partition coefficient (Wildman–Crippen LogP) is 1.42. The van der Waals surface area contributed by atoms with Gasteiger partial charge in [0, 0.05) is 24.2 Å². The zero-order chi connectivity index (χ0) is 10.2. The Morgan fingerprint density at radius 2 is 2.29 bits per heavy atom. The summed E-state index contributed by atoms with van der Waals surface area (Å²) in [5.41, 5.74) is 0. The van der Waals surface area contributed by atoms with Crippen LogP contribution in [0.3, 0.4) is 0 Å². The Labute approximate surface area is 90.0 Å². The van der Waals surface area contributed by atoms with Gasteiger partial charge in [-0.2, -0.15) is 11.8 Å². The molecular formula is C10H19NO2S. The molecule has 0 aromatic heterocycles. The summed E-state index contributed by atoms with van der Waals surface area (Å²) < 4.78 is 5.25. The number of unbranched alkanes of at least 4 members (excludes halogenated alkanes) is 2. The third-order valence-electron chi connectivity index (χ3n) is 2.13. The number of amides is 1. The molecule has 0 bridgehead atoms. The first-order valence-corrected chi connectivity index (χ1v) is 6.43. The molecule has 14 heavy (non-hydrogen) atoms. The highest BCUT2D eigenvalue weighted by Gasteiger charge is 2.19. The van der Waals surface area contributed by atoms with Gasteiger partial charge in [0.05, 0.1) is 0 Å². The third-order valence-corrected chi connectivity index (χ3v) is 3.40. The van der Waals surface area contributed by atoms with Gasteiger partial charge >= 0.3 is 0 Å². The zero-order valence-electron chi connectivity index (χ0n) is 8.75. The number of hydrogen-bond acceptors (Lipinski definition) is 3. The van der Waals surface area contributed by atoms with Gasteiger partial charge in [-0.05, 0) is 6.42 Å². The van der Waals surface area contributed by atoms with Gasteiger partial charge in [0.2, 0.25) is 5.91 Å². The summed E-state index contributed by atoms with van der Waals surface area (Å²) in [5.74, 6) is 2.15. The molecule has 1 N–H and O–H groups in total. The summed E-state index contributed by atoms with van der Waals surface area (Å²) >= 11 is 1.87. The molecule has 1 amide bonds. The van der Waals surface area contributed by atoms with Crippen molar-refractivity contribution in [3.63, 3.8) is 0 Å². The van der Waals surface area contributed by atoms with Gasteiger partial charge in [-0.1, -0.05) is 19.8 Å². The Bertz CT molecular complexity index is 172. The van der Waals surface area contributed by atoms with Gasteiger partial charge in [0.1, 0.15) is 6.61 Å². The molecule has 1 aliphatic heterocycles. The van der Waals surface area contributed by atoms with Crippen LogP contribution in [0.5, 0.6) is 0 Å². The van der Waals surface area contributed by atoms with Gasteiger partial charge in [0.25, 0.3) is 0 Å². The van der Waals surface area contributed by atoms with E-state index in [2.05, 4.69) is 12.2 Å². The van der Waals surface area contributed by atoms with E-state index >= 15 is 0 Å². The van der Waals surface area contributed by atoms with Crippen LogP contribution < -0.4 is 5.32 Å². The summed E-state index contributed by atoms with van der Waals surface area (Å²) in [4.78, 5) is 11.2. The lowest BCUT2D eigenvalue weighted by Gasteiger charge is -2.25. The first kappa shape index (κ1) is 11.9. The summed E-state index contributed by atoms with van der Waals surface area (Å²) in [6.45, 7) is 3.09. The largest absolute Gasteiger partial charge is 0.372 e. The second-order valence-corrected chi connectivity index (χ2v) is 4.64. The van der Waals surface area contributed by atoms with Crippen molar-refractivity contribution in [1.82, 2.24) is 5.32 Å². The van der Waals surface area contributed by atoms with Crippen LogP contribution in [-0.2, 0) is 9.53 Å². The molecule has 1 aliphatic rings. The minimum atomic E-state index is 0.0341. The quantitative estimate of drug-likeness (QED) is 0.656. The summed E-state index contributed by atoms with van der Waals surface area (Å²) in [6, 6.07) is 0.395. The number of carbonyl (C=O) groups excluding carboxylic acids is 1. The van der Waals surface area contributed by atoms with Crippen LogP contribution >= 0.6 is 11.8 Å². The van der Waals surface area contributed by atoms with E-state index in [1.54, 1.807) is 0 Å². The topological polar surface area (TPSA) is 38.3 Å². The molecule has 4 heteroatoms. The molecule has 0 spiro atoms. The Hall–Kier alpha value is -0.220. The zero-order valence-corrected chi connectivity index (χ0v) is 9.57. The van der Waals surface area contributed by atoms with Crippen LogP contribution in [0.1, 0.15) is 26.2 Å². The van der Waals surface area contributed by atoms with Crippen molar-refractivity contribution in [3.8, 4) is 0 Å². The van der Waals surface area contributed by atoms with Gasteiger partial charge in [-0.15, -0.1) is 0 Å². The average molecular weight is 217 g/mol. The number of ether oxygens (including phenoxy) is 1. The van der Waals surface area contributed by atoms with E-state index in [0.29, 0.717) is 12.6 Å². The lowest BCUT2D eigenvalue weighted by Crippen LogP contribution is -2.45. The van der Waals surface area contributed by atoms with Crippen LogP contribution in [-0.4, -0.2) is 36.7 Å². The summed E-state index contributed by atoms with van der Waals surface area (Å²) in [7, 11) is 0. The monoisotopic (exact) mass is 217 g/mol. The van der Waals surface area contributed by atoms with Gasteiger partial charge in [0.15, 0.2) is 0 Å². The van der Waals surface area contributed by atoms with Gasteiger partial charge in [-0.25, -0.2) is 0 Å². The van der Waals surface area contributed by atoms with Crippen molar-refractivity contribution < 1.29 is 9.53 Å². The highest BCUT2D eigenvalue weighted by atomic mass is 32.2. The van der Waals surface area contributed by atoms with Crippen LogP contribution in [0.2, 0.25) is 0 Å². The smallest absolute Gasteiger partial charge is 0.246 e. The summed E-state index contributed by atoms with van der Waals surface area (Å²) in [5, 5.41) is 2.92. The van der Waals surface area contributed by atoms with Crippen LogP contribution in [0.25, 0.3) is 0 Å². The van der Waals surface area contributed by atoms with Crippen LogP contribution in [0.4, 0.5) is 0 Å². The normalized spacial score (nSPS) is 16.4.